The first-order valence-electron chi connectivity index (χ1n) is 6.44. The zero-order chi connectivity index (χ0) is 14.5. The van der Waals surface area contributed by atoms with Crippen LogP contribution in [0.3, 0.4) is 0 Å². The molecule has 1 N–H and O–H groups in total. The van der Waals surface area contributed by atoms with Crippen molar-refractivity contribution in [3.63, 3.8) is 0 Å². The average molecular weight is 330 g/mol. The van der Waals surface area contributed by atoms with Gasteiger partial charge >= 0.3 is 0 Å². The van der Waals surface area contributed by atoms with E-state index in [9.17, 15) is 0 Å². The van der Waals surface area contributed by atoms with Gasteiger partial charge < -0.3 is 10.1 Å². The summed E-state index contributed by atoms with van der Waals surface area (Å²) in [4.78, 5) is 1.19. The number of ether oxygens (including phenoxy) is 1. The summed E-state index contributed by atoms with van der Waals surface area (Å²) in [5, 5.41) is 6.97. The largest absolute Gasteiger partial charge is 0.496 e. The van der Waals surface area contributed by atoms with Gasteiger partial charge in [-0.25, -0.2) is 0 Å². The molecular weight excluding hydrogens is 313 g/mol. The summed E-state index contributed by atoms with van der Waals surface area (Å²) in [5.74, 6) is 0.916. The molecule has 0 aliphatic carbocycles. The van der Waals surface area contributed by atoms with Gasteiger partial charge in [0.15, 0.2) is 0 Å². The van der Waals surface area contributed by atoms with Crippen LogP contribution in [0.1, 0.15) is 23.4 Å². The van der Waals surface area contributed by atoms with Crippen LogP contribution in [0.5, 0.6) is 5.75 Å². The number of hydrogen-bond acceptors (Lipinski definition) is 3. The van der Waals surface area contributed by atoms with Crippen LogP contribution in [0.15, 0.2) is 29.6 Å². The zero-order valence-electron chi connectivity index (χ0n) is 11.5. The van der Waals surface area contributed by atoms with Crippen molar-refractivity contribution in [3.8, 4) is 5.75 Å². The highest BCUT2D eigenvalue weighted by Gasteiger charge is 2.18. The Morgan fingerprint density at radius 3 is 2.80 bits per heavy atom. The molecule has 2 nitrogen and oxygen atoms in total. The highest BCUT2D eigenvalue weighted by molar-refractivity contribution is 7.10. The third-order valence-corrected chi connectivity index (χ3v) is 4.69. The Morgan fingerprint density at radius 1 is 1.30 bits per heavy atom. The summed E-state index contributed by atoms with van der Waals surface area (Å²) < 4.78 is 5.42. The normalized spacial score (nSPS) is 12.4. The van der Waals surface area contributed by atoms with Crippen molar-refractivity contribution in [2.45, 2.75) is 19.4 Å². The molecule has 1 aromatic heterocycles. The van der Waals surface area contributed by atoms with E-state index >= 15 is 0 Å². The molecule has 5 heteroatoms. The van der Waals surface area contributed by atoms with Gasteiger partial charge in [0.1, 0.15) is 5.75 Å². The summed E-state index contributed by atoms with van der Waals surface area (Å²) in [6, 6.07) is 7.74. The Bertz CT molecular complexity index is 571. The van der Waals surface area contributed by atoms with Crippen molar-refractivity contribution in [1.29, 1.82) is 0 Å². The number of thiophene rings is 1. The second kappa shape index (κ2) is 7.32. The standard InChI is InChI=1S/C15H17Cl2NOS/c1-3-18-13(15-14(19-2)6-7-20-15)9-10-8-11(16)4-5-12(10)17/h4-8,13,18H,3,9H2,1-2H3. The second-order valence-electron chi connectivity index (χ2n) is 4.40. The first-order chi connectivity index (χ1) is 9.65. The molecule has 0 bridgehead atoms. The van der Waals surface area contributed by atoms with Crippen LogP contribution in [-0.2, 0) is 6.42 Å². The van der Waals surface area contributed by atoms with Crippen LogP contribution in [0.4, 0.5) is 0 Å². The number of methoxy groups -OCH3 is 1. The maximum atomic E-state index is 6.26. The molecule has 0 fully saturated rings. The summed E-state index contributed by atoms with van der Waals surface area (Å²) in [6.45, 7) is 2.97. The number of rotatable bonds is 6. The van der Waals surface area contributed by atoms with E-state index in [0.29, 0.717) is 5.02 Å². The van der Waals surface area contributed by atoms with Crippen molar-refractivity contribution in [2.75, 3.05) is 13.7 Å². The molecule has 0 amide bonds. The Balaban J connectivity index is 2.27. The minimum Gasteiger partial charge on any atom is -0.496 e. The molecule has 2 aromatic rings. The van der Waals surface area contributed by atoms with Crippen LogP contribution in [0, 0.1) is 0 Å². The molecule has 2 rings (SSSR count). The molecule has 0 saturated heterocycles. The van der Waals surface area contributed by atoms with Crippen LogP contribution >= 0.6 is 34.5 Å². The molecule has 0 radical (unpaired) electrons. The zero-order valence-corrected chi connectivity index (χ0v) is 13.8. The number of halogens is 2. The molecule has 0 saturated carbocycles. The van der Waals surface area contributed by atoms with Crippen LogP contribution in [-0.4, -0.2) is 13.7 Å². The molecule has 1 aromatic carbocycles. The third-order valence-electron chi connectivity index (χ3n) is 3.08. The number of likely N-dealkylation sites (N-methyl/N-ethyl adjacent to an activating group) is 1. The van der Waals surface area contributed by atoms with Gasteiger partial charge in [0.2, 0.25) is 0 Å². The van der Waals surface area contributed by atoms with E-state index in [4.69, 9.17) is 27.9 Å². The van der Waals surface area contributed by atoms with E-state index in [1.807, 2.05) is 23.6 Å². The lowest BCUT2D eigenvalue weighted by Crippen LogP contribution is -2.22. The molecule has 1 unspecified atom stereocenters. The Kier molecular flexibility index (Phi) is 5.73. The van der Waals surface area contributed by atoms with Gasteiger partial charge in [-0.05, 0) is 48.2 Å². The number of hydrogen-bond donors (Lipinski definition) is 1. The number of benzene rings is 1. The van der Waals surface area contributed by atoms with Crippen molar-refractivity contribution in [3.05, 3.63) is 50.1 Å². The fourth-order valence-electron chi connectivity index (χ4n) is 2.16. The van der Waals surface area contributed by atoms with Gasteiger partial charge in [-0.15, -0.1) is 11.3 Å². The second-order valence-corrected chi connectivity index (χ2v) is 6.19. The van der Waals surface area contributed by atoms with Crippen LogP contribution in [0.2, 0.25) is 10.0 Å². The lowest BCUT2D eigenvalue weighted by atomic mass is 10.0. The topological polar surface area (TPSA) is 21.3 Å². The first kappa shape index (κ1) is 15.6. The Labute approximate surface area is 133 Å². The maximum Gasteiger partial charge on any atom is 0.134 e. The maximum absolute atomic E-state index is 6.26. The first-order valence-corrected chi connectivity index (χ1v) is 8.08. The Hall–Kier alpha value is -0.740. The van der Waals surface area contributed by atoms with Gasteiger partial charge in [-0.1, -0.05) is 30.1 Å². The SMILES string of the molecule is CCNC(Cc1cc(Cl)ccc1Cl)c1sccc1OC. The van der Waals surface area contributed by atoms with E-state index in [-0.39, 0.29) is 6.04 Å². The van der Waals surface area contributed by atoms with Gasteiger partial charge in [0.25, 0.3) is 0 Å². The molecule has 20 heavy (non-hydrogen) atoms. The van der Waals surface area contributed by atoms with E-state index in [1.54, 1.807) is 24.5 Å². The summed E-state index contributed by atoms with van der Waals surface area (Å²) in [7, 11) is 1.70. The highest BCUT2D eigenvalue weighted by atomic mass is 35.5. The molecule has 1 heterocycles. The van der Waals surface area contributed by atoms with Gasteiger partial charge in [0.05, 0.1) is 12.0 Å². The predicted octanol–water partition coefficient (Wildman–Crippen LogP) is 4.96. The molecule has 0 aliphatic rings. The number of nitrogens with one attached hydrogen (secondary N) is 1. The fourth-order valence-corrected chi connectivity index (χ4v) is 3.48. The van der Waals surface area contributed by atoms with E-state index in [0.717, 1.165) is 29.3 Å². The van der Waals surface area contributed by atoms with E-state index in [2.05, 4.69) is 12.2 Å². The van der Waals surface area contributed by atoms with Gasteiger partial charge in [-0.2, -0.15) is 0 Å². The molecular formula is C15H17Cl2NOS. The minimum absolute atomic E-state index is 0.172. The van der Waals surface area contributed by atoms with Gasteiger partial charge in [0, 0.05) is 16.1 Å². The lowest BCUT2D eigenvalue weighted by Gasteiger charge is -2.19. The summed E-state index contributed by atoms with van der Waals surface area (Å²) in [6.07, 6.45) is 0.782. The van der Waals surface area contributed by atoms with Crippen LogP contribution in [0.25, 0.3) is 0 Å². The van der Waals surface area contributed by atoms with E-state index in [1.165, 1.54) is 4.88 Å². The fraction of sp³-hybridized carbons (Fsp3) is 0.333. The van der Waals surface area contributed by atoms with Gasteiger partial charge in [-0.3, -0.25) is 0 Å². The quantitative estimate of drug-likeness (QED) is 0.808. The van der Waals surface area contributed by atoms with Crippen molar-refractivity contribution < 1.29 is 4.74 Å². The molecule has 0 spiro atoms. The molecule has 108 valence electrons. The third kappa shape index (κ3) is 3.67. The van der Waals surface area contributed by atoms with Crippen molar-refractivity contribution in [2.24, 2.45) is 0 Å². The monoisotopic (exact) mass is 329 g/mol. The highest BCUT2D eigenvalue weighted by Crippen LogP contribution is 2.34. The summed E-state index contributed by atoms with van der Waals surface area (Å²) >= 11 is 14.0. The van der Waals surface area contributed by atoms with Crippen molar-refractivity contribution >= 4 is 34.5 Å². The molecule has 1 atom stereocenters. The average Bonchev–Trinajstić information content (AvgIpc) is 2.90. The minimum atomic E-state index is 0.172. The summed E-state index contributed by atoms with van der Waals surface area (Å²) in [5.41, 5.74) is 1.04. The molecule has 0 aliphatic heterocycles. The van der Waals surface area contributed by atoms with Crippen LogP contribution < -0.4 is 10.1 Å². The van der Waals surface area contributed by atoms with Crippen molar-refractivity contribution in [1.82, 2.24) is 5.32 Å². The smallest absolute Gasteiger partial charge is 0.134 e. The Morgan fingerprint density at radius 2 is 2.10 bits per heavy atom. The predicted molar refractivity (Wildman–Crippen MR) is 87.5 cm³/mol. The van der Waals surface area contributed by atoms with E-state index < -0.39 is 0 Å². The lowest BCUT2D eigenvalue weighted by molar-refractivity contribution is 0.403.